The van der Waals surface area contributed by atoms with Crippen molar-refractivity contribution in [2.24, 2.45) is 7.05 Å². The SMILES string of the molecule is COc1cc(NC(=O)N2CCCN(S(=O)(=O)c3cnn(C)c3)CC2)cc(OC)c1. The number of methoxy groups -OCH3 is 2. The molecule has 0 spiro atoms. The molecule has 0 atom stereocenters. The number of aromatic nitrogens is 2. The van der Waals surface area contributed by atoms with Crippen LogP contribution in [0.1, 0.15) is 6.42 Å². The fraction of sp³-hybridized carbons (Fsp3) is 0.444. The van der Waals surface area contributed by atoms with E-state index in [4.69, 9.17) is 9.47 Å². The summed E-state index contributed by atoms with van der Waals surface area (Å²) in [6.45, 7) is 1.29. The molecule has 2 aromatic rings. The van der Waals surface area contributed by atoms with Gasteiger partial charge in [0, 0.05) is 63.3 Å². The molecular weight excluding hydrogens is 398 g/mol. The monoisotopic (exact) mass is 423 g/mol. The molecule has 1 N–H and O–H groups in total. The highest BCUT2D eigenvalue weighted by atomic mass is 32.2. The van der Waals surface area contributed by atoms with Gasteiger partial charge in [-0.3, -0.25) is 4.68 Å². The number of nitrogens with one attached hydrogen (secondary N) is 1. The Balaban J connectivity index is 1.67. The second kappa shape index (κ2) is 8.70. The number of sulfonamides is 1. The Morgan fingerprint density at radius 1 is 1.07 bits per heavy atom. The summed E-state index contributed by atoms with van der Waals surface area (Å²) >= 11 is 0. The van der Waals surface area contributed by atoms with Crippen molar-refractivity contribution in [3.63, 3.8) is 0 Å². The lowest BCUT2D eigenvalue weighted by Gasteiger charge is -2.22. The van der Waals surface area contributed by atoms with Gasteiger partial charge in [0.05, 0.1) is 20.4 Å². The topological polar surface area (TPSA) is 106 Å². The zero-order valence-electron chi connectivity index (χ0n) is 16.7. The summed E-state index contributed by atoms with van der Waals surface area (Å²) < 4.78 is 38.9. The van der Waals surface area contributed by atoms with Crippen molar-refractivity contribution < 1.29 is 22.7 Å². The Kier molecular flexibility index (Phi) is 6.28. The van der Waals surface area contributed by atoms with E-state index < -0.39 is 10.0 Å². The minimum atomic E-state index is -3.63. The van der Waals surface area contributed by atoms with E-state index >= 15 is 0 Å². The molecule has 1 aromatic heterocycles. The van der Waals surface area contributed by atoms with Crippen LogP contribution in [0.15, 0.2) is 35.5 Å². The molecule has 29 heavy (non-hydrogen) atoms. The van der Waals surface area contributed by atoms with E-state index in [0.29, 0.717) is 36.7 Å². The smallest absolute Gasteiger partial charge is 0.321 e. The van der Waals surface area contributed by atoms with Gasteiger partial charge >= 0.3 is 6.03 Å². The van der Waals surface area contributed by atoms with Crippen LogP contribution in [0.4, 0.5) is 10.5 Å². The third-order valence-corrected chi connectivity index (χ3v) is 6.52. The van der Waals surface area contributed by atoms with E-state index in [1.165, 1.54) is 35.6 Å². The first kappa shape index (κ1) is 20.9. The van der Waals surface area contributed by atoms with E-state index in [1.807, 2.05) is 0 Å². The van der Waals surface area contributed by atoms with Gasteiger partial charge in [-0.2, -0.15) is 9.40 Å². The highest BCUT2D eigenvalue weighted by molar-refractivity contribution is 7.89. The van der Waals surface area contributed by atoms with Gasteiger partial charge in [-0.25, -0.2) is 13.2 Å². The van der Waals surface area contributed by atoms with Crippen LogP contribution >= 0.6 is 0 Å². The number of hydrogen-bond donors (Lipinski definition) is 1. The minimum absolute atomic E-state index is 0.154. The number of carbonyl (C=O) groups excluding carboxylic acids is 1. The molecule has 158 valence electrons. The molecule has 1 fully saturated rings. The fourth-order valence-corrected chi connectivity index (χ4v) is 4.56. The molecule has 2 heterocycles. The molecule has 1 aliphatic rings. The van der Waals surface area contributed by atoms with Crippen molar-refractivity contribution in [1.29, 1.82) is 0 Å². The molecule has 1 saturated heterocycles. The number of benzene rings is 1. The Morgan fingerprint density at radius 3 is 2.34 bits per heavy atom. The Morgan fingerprint density at radius 2 is 1.76 bits per heavy atom. The first-order chi connectivity index (χ1) is 13.8. The molecule has 0 aliphatic carbocycles. The second-order valence-corrected chi connectivity index (χ2v) is 8.56. The van der Waals surface area contributed by atoms with Crippen molar-refractivity contribution >= 4 is 21.7 Å². The number of urea groups is 1. The summed E-state index contributed by atoms with van der Waals surface area (Å²) in [5.74, 6) is 1.12. The van der Waals surface area contributed by atoms with E-state index in [2.05, 4.69) is 10.4 Å². The molecule has 0 unspecified atom stereocenters. The van der Waals surface area contributed by atoms with Crippen molar-refractivity contribution in [3.05, 3.63) is 30.6 Å². The Hall–Kier alpha value is -2.79. The molecule has 3 rings (SSSR count). The van der Waals surface area contributed by atoms with Crippen LogP contribution in [0.2, 0.25) is 0 Å². The van der Waals surface area contributed by atoms with Gasteiger partial charge in [-0.05, 0) is 6.42 Å². The average Bonchev–Trinajstić information content (AvgIpc) is 2.99. The van der Waals surface area contributed by atoms with Crippen molar-refractivity contribution in [2.75, 3.05) is 45.7 Å². The molecule has 11 heteroatoms. The zero-order valence-corrected chi connectivity index (χ0v) is 17.5. The number of nitrogens with zero attached hydrogens (tertiary/aromatic N) is 4. The van der Waals surface area contributed by atoms with Gasteiger partial charge in [0.2, 0.25) is 10.0 Å². The largest absolute Gasteiger partial charge is 0.497 e. The van der Waals surface area contributed by atoms with Crippen molar-refractivity contribution in [2.45, 2.75) is 11.3 Å². The van der Waals surface area contributed by atoms with Crippen LogP contribution in [0.3, 0.4) is 0 Å². The lowest BCUT2D eigenvalue weighted by Crippen LogP contribution is -2.39. The third-order valence-electron chi connectivity index (χ3n) is 4.66. The fourth-order valence-electron chi connectivity index (χ4n) is 3.10. The van der Waals surface area contributed by atoms with Crippen LogP contribution in [-0.2, 0) is 17.1 Å². The first-order valence-electron chi connectivity index (χ1n) is 9.11. The predicted octanol–water partition coefficient (Wildman–Crippen LogP) is 1.37. The number of carbonyl (C=O) groups is 1. The summed E-state index contributed by atoms with van der Waals surface area (Å²) in [7, 11) is 1.10. The van der Waals surface area contributed by atoms with E-state index in [9.17, 15) is 13.2 Å². The number of anilines is 1. The second-order valence-electron chi connectivity index (χ2n) is 6.63. The highest BCUT2D eigenvalue weighted by Gasteiger charge is 2.29. The maximum Gasteiger partial charge on any atom is 0.321 e. The highest BCUT2D eigenvalue weighted by Crippen LogP contribution is 2.26. The quantitative estimate of drug-likeness (QED) is 0.779. The van der Waals surface area contributed by atoms with Crippen molar-refractivity contribution in [1.82, 2.24) is 19.0 Å². The zero-order chi connectivity index (χ0) is 21.0. The van der Waals surface area contributed by atoms with Gasteiger partial charge in [0.25, 0.3) is 0 Å². The van der Waals surface area contributed by atoms with Gasteiger partial charge in [-0.1, -0.05) is 0 Å². The van der Waals surface area contributed by atoms with E-state index in [1.54, 1.807) is 30.1 Å². The normalized spacial score (nSPS) is 15.6. The Bertz CT molecular complexity index is 953. The van der Waals surface area contributed by atoms with E-state index in [0.717, 1.165) is 0 Å². The molecule has 1 aromatic carbocycles. The van der Waals surface area contributed by atoms with Gasteiger partial charge in [-0.15, -0.1) is 0 Å². The van der Waals surface area contributed by atoms with E-state index in [-0.39, 0.29) is 24.0 Å². The number of amides is 2. The summed E-state index contributed by atoms with van der Waals surface area (Å²) in [6.07, 6.45) is 3.34. The minimum Gasteiger partial charge on any atom is -0.497 e. The maximum absolute atomic E-state index is 12.8. The maximum atomic E-state index is 12.8. The van der Waals surface area contributed by atoms with Crippen LogP contribution in [-0.4, -0.2) is 73.8 Å². The molecule has 0 bridgehead atoms. The molecule has 2 amide bonds. The number of hydrogen-bond acceptors (Lipinski definition) is 6. The standard InChI is InChI=1S/C18H25N5O5S/c1-21-13-17(12-19-21)29(25,26)23-6-4-5-22(7-8-23)18(24)20-14-9-15(27-2)11-16(10-14)28-3/h9-13H,4-8H2,1-3H3,(H,20,24). The molecule has 0 saturated carbocycles. The summed E-state index contributed by atoms with van der Waals surface area (Å²) in [4.78, 5) is 14.5. The summed E-state index contributed by atoms with van der Waals surface area (Å²) in [6, 6.07) is 4.79. The van der Waals surface area contributed by atoms with Gasteiger partial charge < -0.3 is 19.7 Å². The molecule has 1 aliphatic heterocycles. The van der Waals surface area contributed by atoms with Crippen LogP contribution in [0.25, 0.3) is 0 Å². The summed E-state index contributed by atoms with van der Waals surface area (Å²) in [5, 5.41) is 6.76. The number of aryl methyl sites for hydroxylation is 1. The van der Waals surface area contributed by atoms with Crippen molar-refractivity contribution in [3.8, 4) is 11.5 Å². The van der Waals surface area contributed by atoms with Gasteiger partial charge in [0.1, 0.15) is 16.4 Å². The van der Waals surface area contributed by atoms with Crippen LogP contribution < -0.4 is 14.8 Å². The molecule has 0 radical (unpaired) electrons. The van der Waals surface area contributed by atoms with Gasteiger partial charge in [0.15, 0.2) is 0 Å². The lowest BCUT2D eigenvalue weighted by atomic mass is 10.2. The predicted molar refractivity (Wildman–Crippen MR) is 107 cm³/mol. The van der Waals surface area contributed by atoms with Crippen LogP contribution in [0.5, 0.6) is 11.5 Å². The Labute approximate surface area is 170 Å². The lowest BCUT2D eigenvalue weighted by molar-refractivity contribution is 0.214. The molecular formula is C18H25N5O5S. The number of ether oxygens (including phenoxy) is 2. The average molecular weight is 423 g/mol. The summed E-state index contributed by atoms with van der Waals surface area (Å²) in [5.41, 5.74) is 0.537. The first-order valence-corrected chi connectivity index (χ1v) is 10.6. The molecule has 10 nitrogen and oxygen atoms in total. The van der Waals surface area contributed by atoms with Crippen LogP contribution in [0, 0.1) is 0 Å². The third kappa shape index (κ3) is 4.80. The number of rotatable bonds is 5.